The van der Waals surface area contributed by atoms with Crippen molar-refractivity contribution in [1.82, 2.24) is 4.98 Å². The van der Waals surface area contributed by atoms with E-state index in [0.717, 1.165) is 32.0 Å². The number of carbonyl (C=O) groups is 1. The Labute approximate surface area is 173 Å². The molecule has 0 fully saturated rings. The first-order valence-electron chi connectivity index (χ1n) is 11.4. The second-order valence-corrected chi connectivity index (χ2v) is 7.57. The predicted molar refractivity (Wildman–Crippen MR) is 123 cm³/mol. The van der Waals surface area contributed by atoms with Crippen LogP contribution in [0.4, 0.5) is 0 Å². The van der Waals surface area contributed by atoms with E-state index >= 15 is 0 Å². The molecule has 0 spiro atoms. The van der Waals surface area contributed by atoms with Crippen LogP contribution in [-0.2, 0) is 6.42 Å². The topological polar surface area (TPSA) is 32.9 Å². The smallest absolute Gasteiger partial charge is 0.166 e. The molecule has 0 saturated carbocycles. The Morgan fingerprint density at radius 1 is 0.714 bits per heavy atom. The third kappa shape index (κ3) is 14.3. The van der Waals surface area contributed by atoms with Gasteiger partial charge in [-0.05, 0) is 57.1 Å². The summed E-state index contributed by atoms with van der Waals surface area (Å²) in [7, 11) is 0. The van der Waals surface area contributed by atoms with Gasteiger partial charge in [0.05, 0.1) is 5.69 Å². The molecule has 0 amide bonds. The zero-order valence-corrected chi connectivity index (χ0v) is 18.0. The van der Waals surface area contributed by atoms with E-state index in [9.17, 15) is 4.79 Å². The number of hydrogen-bond acceptors (Lipinski definition) is 1. The molecule has 1 aromatic heterocycles. The second-order valence-electron chi connectivity index (χ2n) is 7.57. The van der Waals surface area contributed by atoms with Crippen molar-refractivity contribution in [3.8, 4) is 0 Å². The summed E-state index contributed by atoms with van der Waals surface area (Å²) >= 11 is 0. The minimum Gasteiger partial charge on any atom is -0.356 e. The fourth-order valence-electron chi connectivity index (χ4n) is 3.32. The molecule has 0 aromatic carbocycles. The van der Waals surface area contributed by atoms with Crippen LogP contribution >= 0.6 is 0 Å². The first-order chi connectivity index (χ1) is 13.9. The monoisotopic (exact) mass is 383 g/mol. The molecule has 0 unspecified atom stereocenters. The molecule has 2 nitrogen and oxygen atoms in total. The Hall–Kier alpha value is -1.83. The standard InChI is InChI=1S/C26H41NO/c1-2-3-4-5-6-7-8-9-10-11-12-13-14-15-16-17-18-19-20-21-25-22-23-26(24-28)27-25/h3-4,6-7,9-10,22-24,27H,2,5,8,11-21H2,1H3. The Kier molecular flexibility index (Phi) is 16.0. The molecule has 0 aliphatic carbocycles. The number of nitrogens with one attached hydrogen (secondary N) is 1. The third-order valence-electron chi connectivity index (χ3n) is 4.99. The predicted octanol–water partition coefficient (Wildman–Crippen LogP) is 8.13. The van der Waals surface area contributed by atoms with Gasteiger partial charge >= 0.3 is 0 Å². The van der Waals surface area contributed by atoms with E-state index in [0.29, 0.717) is 5.69 Å². The van der Waals surface area contributed by atoms with Crippen LogP contribution in [0.3, 0.4) is 0 Å². The van der Waals surface area contributed by atoms with Gasteiger partial charge in [0.15, 0.2) is 6.29 Å². The number of allylic oxidation sites excluding steroid dienone is 6. The molecule has 28 heavy (non-hydrogen) atoms. The fourth-order valence-corrected chi connectivity index (χ4v) is 3.32. The van der Waals surface area contributed by atoms with Crippen LogP contribution in [-0.4, -0.2) is 11.3 Å². The van der Waals surface area contributed by atoms with Crippen molar-refractivity contribution in [2.75, 3.05) is 0 Å². The van der Waals surface area contributed by atoms with Gasteiger partial charge in [0.25, 0.3) is 0 Å². The molecule has 156 valence electrons. The largest absolute Gasteiger partial charge is 0.356 e. The van der Waals surface area contributed by atoms with E-state index in [1.165, 1.54) is 69.9 Å². The highest BCUT2D eigenvalue weighted by Crippen LogP contribution is 2.12. The van der Waals surface area contributed by atoms with Gasteiger partial charge in [-0.15, -0.1) is 0 Å². The van der Waals surface area contributed by atoms with Crippen molar-refractivity contribution >= 4 is 6.29 Å². The van der Waals surface area contributed by atoms with E-state index in [1.807, 2.05) is 12.1 Å². The molecule has 0 radical (unpaired) electrons. The van der Waals surface area contributed by atoms with E-state index in [1.54, 1.807) is 0 Å². The quantitative estimate of drug-likeness (QED) is 0.155. The summed E-state index contributed by atoms with van der Waals surface area (Å²) in [6.07, 6.45) is 32.1. The SMILES string of the molecule is CCC=CCC=CCC=CCCCCCCCCCCCc1ccc(C=O)[nH]1. The van der Waals surface area contributed by atoms with Crippen LogP contribution < -0.4 is 0 Å². The summed E-state index contributed by atoms with van der Waals surface area (Å²) in [6.45, 7) is 2.17. The summed E-state index contributed by atoms with van der Waals surface area (Å²) in [5.74, 6) is 0. The zero-order valence-electron chi connectivity index (χ0n) is 18.0. The average molecular weight is 384 g/mol. The zero-order chi connectivity index (χ0) is 20.1. The summed E-state index contributed by atoms with van der Waals surface area (Å²) in [5.41, 5.74) is 1.88. The third-order valence-corrected chi connectivity index (χ3v) is 4.99. The van der Waals surface area contributed by atoms with Gasteiger partial charge in [-0.25, -0.2) is 0 Å². The minimum atomic E-state index is 0.692. The van der Waals surface area contributed by atoms with Gasteiger partial charge in [-0.2, -0.15) is 0 Å². The summed E-state index contributed by atoms with van der Waals surface area (Å²) in [6, 6.07) is 3.89. The summed E-state index contributed by atoms with van der Waals surface area (Å²) in [5, 5.41) is 0. The van der Waals surface area contributed by atoms with Crippen LogP contribution in [0.25, 0.3) is 0 Å². The Morgan fingerprint density at radius 3 is 1.89 bits per heavy atom. The molecule has 0 atom stereocenters. The van der Waals surface area contributed by atoms with Crippen molar-refractivity contribution in [3.63, 3.8) is 0 Å². The van der Waals surface area contributed by atoms with Crippen molar-refractivity contribution in [2.45, 2.75) is 96.8 Å². The molecule has 1 rings (SSSR count). The number of H-pyrrole nitrogens is 1. The molecule has 0 aliphatic heterocycles. The molecule has 1 heterocycles. The maximum Gasteiger partial charge on any atom is 0.166 e. The Morgan fingerprint density at radius 2 is 1.29 bits per heavy atom. The van der Waals surface area contributed by atoms with E-state index in [4.69, 9.17) is 0 Å². The van der Waals surface area contributed by atoms with Gasteiger partial charge in [-0.3, -0.25) is 4.79 Å². The van der Waals surface area contributed by atoms with E-state index < -0.39 is 0 Å². The lowest BCUT2D eigenvalue weighted by Crippen LogP contribution is -1.88. The minimum absolute atomic E-state index is 0.692. The number of aromatic nitrogens is 1. The van der Waals surface area contributed by atoms with Crippen molar-refractivity contribution in [2.24, 2.45) is 0 Å². The normalized spacial score (nSPS) is 12.0. The molecule has 0 saturated heterocycles. The van der Waals surface area contributed by atoms with Crippen molar-refractivity contribution in [1.29, 1.82) is 0 Å². The number of unbranched alkanes of at least 4 members (excludes halogenated alkanes) is 9. The number of aryl methyl sites for hydroxylation is 1. The maximum absolute atomic E-state index is 10.6. The van der Waals surface area contributed by atoms with Gasteiger partial charge in [0.2, 0.25) is 0 Å². The number of aromatic amines is 1. The highest BCUT2D eigenvalue weighted by Gasteiger charge is 1.98. The lowest BCUT2D eigenvalue weighted by atomic mass is 10.1. The average Bonchev–Trinajstić information content (AvgIpc) is 3.18. The summed E-state index contributed by atoms with van der Waals surface area (Å²) in [4.78, 5) is 13.8. The molecule has 2 heteroatoms. The lowest BCUT2D eigenvalue weighted by molar-refractivity contribution is 0.111. The van der Waals surface area contributed by atoms with Gasteiger partial charge in [0, 0.05) is 5.69 Å². The van der Waals surface area contributed by atoms with Crippen molar-refractivity contribution < 1.29 is 4.79 Å². The van der Waals surface area contributed by atoms with Crippen LogP contribution in [0.1, 0.15) is 107 Å². The molecular formula is C26H41NO. The maximum atomic E-state index is 10.6. The second kappa shape index (κ2) is 18.5. The molecule has 1 aromatic rings. The van der Waals surface area contributed by atoms with E-state index in [-0.39, 0.29) is 0 Å². The first-order valence-corrected chi connectivity index (χ1v) is 11.4. The highest BCUT2D eigenvalue weighted by molar-refractivity contribution is 5.71. The number of carbonyl (C=O) groups excluding carboxylic acids is 1. The number of hydrogen-bond donors (Lipinski definition) is 1. The summed E-state index contributed by atoms with van der Waals surface area (Å²) < 4.78 is 0. The Bertz CT molecular complexity index is 565. The molecular weight excluding hydrogens is 342 g/mol. The fraction of sp³-hybridized carbons (Fsp3) is 0.577. The molecule has 1 N–H and O–H groups in total. The molecule has 0 bridgehead atoms. The van der Waals surface area contributed by atoms with Gasteiger partial charge in [0.1, 0.15) is 0 Å². The van der Waals surface area contributed by atoms with Crippen LogP contribution in [0.5, 0.6) is 0 Å². The van der Waals surface area contributed by atoms with Crippen molar-refractivity contribution in [3.05, 3.63) is 60.0 Å². The number of rotatable bonds is 18. The van der Waals surface area contributed by atoms with E-state index in [2.05, 4.69) is 48.4 Å². The first kappa shape index (κ1) is 24.2. The van der Waals surface area contributed by atoms with Crippen LogP contribution in [0, 0.1) is 0 Å². The Balaban J connectivity index is 1.79. The highest BCUT2D eigenvalue weighted by atomic mass is 16.1. The molecule has 0 aliphatic rings. The lowest BCUT2D eigenvalue weighted by Gasteiger charge is -2.02. The van der Waals surface area contributed by atoms with Crippen LogP contribution in [0.15, 0.2) is 48.6 Å². The number of aldehydes is 1. The van der Waals surface area contributed by atoms with Gasteiger partial charge in [-0.1, -0.05) is 88.3 Å². The van der Waals surface area contributed by atoms with Gasteiger partial charge < -0.3 is 4.98 Å². The van der Waals surface area contributed by atoms with Crippen LogP contribution in [0.2, 0.25) is 0 Å².